The number of aryl methyl sites for hydroxylation is 4. The molecule has 0 aliphatic rings. The van der Waals surface area contributed by atoms with E-state index in [-0.39, 0.29) is 5.41 Å². The first-order valence-corrected chi connectivity index (χ1v) is 11.2. The van der Waals surface area contributed by atoms with Crippen molar-refractivity contribution in [3.63, 3.8) is 0 Å². The van der Waals surface area contributed by atoms with Gasteiger partial charge in [-0.15, -0.1) is 0 Å². The topological polar surface area (TPSA) is 49.7 Å². The third-order valence-electron chi connectivity index (χ3n) is 6.23. The summed E-state index contributed by atoms with van der Waals surface area (Å²) in [6, 6.07) is 12.2. The minimum Gasteiger partial charge on any atom is -0.508 e. The van der Waals surface area contributed by atoms with E-state index in [1.54, 1.807) is 7.11 Å². The van der Waals surface area contributed by atoms with Crippen molar-refractivity contribution in [2.24, 2.45) is 0 Å². The Morgan fingerprint density at radius 1 is 0.688 bits per heavy atom. The lowest BCUT2D eigenvalue weighted by atomic mass is 9.82. The molecule has 3 aromatic rings. The Labute approximate surface area is 192 Å². The number of methoxy groups -OCH3 is 1. The minimum atomic E-state index is -0.0511. The normalized spacial score (nSPS) is 11.6. The van der Waals surface area contributed by atoms with E-state index >= 15 is 0 Å². The molecule has 0 aromatic heterocycles. The first kappa shape index (κ1) is 23.7. The van der Waals surface area contributed by atoms with Gasteiger partial charge >= 0.3 is 0 Å². The van der Waals surface area contributed by atoms with Crippen LogP contribution in [0.2, 0.25) is 0 Å². The van der Waals surface area contributed by atoms with E-state index in [9.17, 15) is 10.2 Å². The molecule has 0 bridgehead atoms. The number of benzene rings is 3. The largest absolute Gasteiger partial charge is 0.508 e. The summed E-state index contributed by atoms with van der Waals surface area (Å²) >= 11 is 0. The number of aromatic hydroxyl groups is 2. The summed E-state index contributed by atoms with van der Waals surface area (Å²) in [5.74, 6) is 1.45. The van der Waals surface area contributed by atoms with Crippen molar-refractivity contribution in [3.8, 4) is 17.2 Å². The standard InChI is InChI=1S/C29H36O3/c1-17-9-19(3)24(26(30)11-17)15-21-13-23(29(5,6)7)14-22(28(21)32-8)16-25-20(4)10-18(2)12-27(25)31/h9-14,30-31H,15-16H2,1-8H3. The fraction of sp³-hybridized carbons (Fsp3) is 0.379. The van der Waals surface area contributed by atoms with Gasteiger partial charge in [0.05, 0.1) is 7.11 Å². The van der Waals surface area contributed by atoms with Crippen molar-refractivity contribution in [2.75, 3.05) is 7.11 Å². The van der Waals surface area contributed by atoms with Crippen LogP contribution in [0.25, 0.3) is 0 Å². The minimum absolute atomic E-state index is 0.0511. The van der Waals surface area contributed by atoms with Crippen LogP contribution in [-0.2, 0) is 18.3 Å². The van der Waals surface area contributed by atoms with Crippen molar-refractivity contribution >= 4 is 0 Å². The van der Waals surface area contributed by atoms with Crippen molar-refractivity contribution in [1.82, 2.24) is 0 Å². The van der Waals surface area contributed by atoms with Crippen LogP contribution in [0.15, 0.2) is 36.4 Å². The lowest BCUT2D eigenvalue weighted by Gasteiger charge is -2.24. The summed E-state index contributed by atoms with van der Waals surface area (Å²) in [5.41, 5.74) is 9.30. The number of rotatable bonds is 5. The number of ether oxygens (including phenoxy) is 1. The Morgan fingerprint density at radius 3 is 1.41 bits per heavy atom. The molecular formula is C29H36O3. The smallest absolute Gasteiger partial charge is 0.125 e. The highest BCUT2D eigenvalue weighted by Gasteiger charge is 2.22. The van der Waals surface area contributed by atoms with Crippen molar-refractivity contribution in [3.05, 3.63) is 86.5 Å². The molecule has 0 fully saturated rings. The molecule has 0 saturated carbocycles. The summed E-state index contributed by atoms with van der Waals surface area (Å²) < 4.78 is 5.93. The van der Waals surface area contributed by atoms with Gasteiger partial charge in [-0.1, -0.05) is 45.0 Å². The van der Waals surface area contributed by atoms with Crippen molar-refractivity contribution in [1.29, 1.82) is 0 Å². The molecule has 3 aromatic carbocycles. The maximum atomic E-state index is 10.7. The molecular weight excluding hydrogens is 396 g/mol. The van der Waals surface area contributed by atoms with Gasteiger partial charge in [0.15, 0.2) is 0 Å². The van der Waals surface area contributed by atoms with E-state index in [1.807, 2.05) is 39.8 Å². The van der Waals surface area contributed by atoms with Crippen LogP contribution in [0, 0.1) is 27.7 Å². The average Bonchev–Trinajstić information content (AvgIpc) is 2.66. The summed E-state index contributed by atoms with van der Waals surface area (Å²) in [5, 5.41) is 21.3. The van der Waals surface area contributed by atoms with Gasteiger partial charge in [-0.25, -0.2) is 0 Å². The molecule has 32 heavy (non-hydrogen) atoms. The fourth-order valence-corrected chi connectivity index (χ4v) is 4.50. The molecule has 0 saturated heterocycles. The van der Waals surface area contributed by atoms with Crippen LogP contribution >= 0.6 is 0 Å². The Balaban J connectivity index is 2.19. The molecule has 0 radical (unpaired) electrons. The fourth-order valence-electron chi connectivity index (χ4n) is 4.50. The molecule has 0 atom stereocenters. The Bertz CT molecular complexity index is 1020. The predicted octanol–water partition coefficient (Wildman–Crippen LogP) is 6.82. The zero-order valence-electron chi connectivity index (χ0n) is 20.7. The second-order valence-corrected chi connectivity index (χ2v) is 10.1. The first-order chi connectivity index (χ1) is 14.9. The number of hydrogen-bond donors (Lipinski definition) is 2. The second-order valence-electron chi connectivity index (χ2n) is 10.1. The third kappa shape index (κ3) is 4.93. The molecule has 3 nitrogen and oxygen atoms in total. The van der Waals surface area contributed by atoms with Crippen LogP contribution in [-0.4, -0.2) is 17.3 Å². The van der Waals surface area contributed by atoms with E-state index in [1.165, 1.54) is 5.56 Å². The van der Waals surface area contributed by atoms with E-state index in [2.05, 4.69) is 45.0 Å². The maximum Gasteiger partial charge on any atom is 0.125 e. The van der Waals surface area contributed by atoms with Gasteiger partial charge in [-0.3, -0.25) is 0 Å². The molecule has 3 rings (SSSR count). The van der Waals surface area contributed by atoms with Crippen LogP contribution in [0.1, 0.15) is 70.8 Å². The van der Waals surface area contributed by atoms with Crippen molar-refractivity contribution in [2.45, 2.75) is 66.7 Å². The highest BCUT2D eigenvalue weighted by Crippen LogP contribution is 2.38. The van der Waals surface area contributed by atoms with E-state index in [0.29, 0.717) is 24.3 Å². The molecule has 0 unspecified atom stereocenters. The zero-order chi connectivity index (χ0) is 23.8. The van der Waals surface area contributed by atoms with Gasteiger partial charge in [0.25, 0.3) is 0 Å². The Hall–Kier alpha value is -2.94. The van der Waals surface area contributed by atoms with Gasteiger partial charge in [0.2, 0.25) is 0 Å². The predicted molar refractivity (Wildman–Crippen MR) is 132 cm³/mol. The number of phenolic OH excluding ortho intramolecular Hbond substituents is 2. The van der Waals surface area contributed by atoms with Gasteiger partial charge in [-0.2, -0.15) is 0 Å². The summed E-state index contributed by atoms with van der Waals surface area (Å²) in [4.78, 5) is 0. The SMILES string of the molecule is COc1c(Cc2c(C)cc(C)cc2O)cc(C(C)(C)C)cc1Cc1c(C)cc(C)cc1O. The first-order valence-electron chi connectivity index (χ1n) is 11.2. The molecule has 2 N–H and O–H groups in total. The monoisotopic (exact) mass is 432 g/mol. The van der Waals surface area contributed by atoms with Gasteiger partial charge < -0.3 is 14.9 Å². The molecule has 170 valence electrons. The Kier molecular flexibility index (Phi) is 6.59. The summed E-state index contributed by atoms with van der Waals surface area (Å²) in [7, 11) is 1.70. The molecule has 3 heteroatoms. The number of phenols is 2. The quantitative estimate of drug-likeness (QED) is 0.465. The summed E-state index contributed by atoms with van der Waals surface area (Å²) in [6.07, 6.45) is 1.16. The lowest BCUT2D eigenvalue weighted by Crippen LogP contribution is -2.14. The highest BCUT2D eigenvalue weighted by atomic mass is 16.5. The molecule has 0 amide bonds. The zero-order valence-corrected chi connectivity index (χ0v) is 20.7. The van der Waals surface area contributed by atoms with E-state index < -0.39 is 0 Å². The van der Waals surface area contributed by atoms with Crippen LogP contribution in [0.4, 0.5) is 0 Å². The second kappa shape index (κ2) is 8.90. The van der Waals surface area contributed by atoms with Crippen molar-refractivity contribution < 1.29 is 14.9 Å². The third-order valence-corrected chi connectivity index (χ3v) is 6.23. The van der Waals surface area contributed by atoms with Crippen LogP contribution in [0.5, 0.6) is 17.2 Å². The average molecular weight is 433 g/mol. The number of hydrogen-bond acceptors (Lipinski definition) is 3. The molecule has 0 aliphatic carbocycles. The van der Waals surface area contributed by atoms with Crippen LogP contribution in [0.3, 0.4) is 0 Å². The van der Waals surface area contributed by atoms with Gasteiger partial charge in [0, 0.05) is 24.0 Å². The van der Waals surface area contributed by atoms with Crippen LogP contribution < -0.4 is 4.74 Å². The summed E-state index contributed by atoms with van der Waals surface area (Å²) in [6.45, 7) is 14.7. The van der Waals surface area contributed by atoms with E-state index in [0.717, 1.165) is 50.3 Å². The Morgan fingerprint density at radius 2 is 1.09 bits per heavy atom. The van der Waals surface area contributed by atoms with Gasteiger partial charge in [0.1, 0.15) is 17.2 Å². The maximum absolute atomic E-state index is 10.7. The van der Waals surface area contributed by atoms with E-state index in [4.69, 9.17) is 4.74 Å². The highest BCUT2D eigenvalue weighted by molar-refractivity contribution is 5.55. The molecule has 0 heterocycles. The molecule has 0 spiro atoms. The lowest BCUT2D eigenvalue weighted by molar-refractivity contribution is 0.404. The van der Waals surface area contributed by atoms with Gasteiger partial charge in [-0.05, 0) is 84.2 Å². The molecule has 0 aliphatic heterocycles.